The van der Waals surface area contributed by atoms with Gasteiger partial charge in [-0.25, -0.2) is 14.2 Å². The molecule has 36 heavy (non-hydrogen) atoms. The predicted molar refractivity (Wildman–Crippen MR) is 127 cm³/mol. The fraction of sp³-hybridized carbons (Fsp3) is 0.200. The minimum atomic E-state index is -1.34. The molecule has 0 saturated carbocycles. The first-order chi connectivity index (χ1) is 17.3. The number of aliphatic hydroxyl groups is 1. The third-order valence-electron chi connectivity index (χ3n) is 5.82. The Bertz CT molecular complexity index is 1450. The van der Waals surface area contributed by atoms with Crippen LogP contribution in [0.15, 0.2) is 48.0 Å². The molecule has 0 bridgehead atoms. The number of aromatic nitrogens is 1. The zero-order valence-electron chi connectivity index (χ0n) is 19.1. The summed E-state index contributed by atoms with van der Waals surface area (Å²) in [4.78, 5) is 44.1. The normalized spacial score (nSPS) is 18.4. The number of fused-ring (bicyclic) bond motifs is 1. The van der Waals surface area contributed by atoms with Gasteiger partial charge in [0.15, 0.2) is 16.6 Å². The molecule has 1 atom stereocenters. The molecule has 3 aromatic rings. The van der Waals surface area contributed by atoms with Gasteiger partial charge in [0.05, 0.1) is 18.4 Å². The maximum atomic E-state index is 15.0. The molecule has 1 unspecified atom stereocenters. The van der Waals surface area contributed by atoms with Gasteiger partial charge in [-0.1, -0.05) is 29.5 Å². The first-order valence-corrected chi connectivity index (χ1v) is 11.6. The Morgan fingerprint density at radius 1 is 1.17 bits per heavy atom. The maximum Gasteiger partial charge on any atom is 0.350 e. The number of rotatable bonds is 4. The number of benzene rings is 2. The molecule has 2 aliphatic rings. The van der Waals surface area contributed by atoms with E-state index < -0.39 is 35.3 Å². The fourth-order valence-electron chi connectivity index (χ4n) is 4.13. The number of carbonyl (C=O) groups excluding carboxylic acids is 3. The van der Waals surface area contributed by atoms with Gasteiger partial charge in [-0.05, 0) is 31.2 Å². The number of hydrogen-bond donors (Lipinski definition) is 1. The molecule has 0 spiro atoms. The van der Waals surface area contributed by atoms with Crippen molar-refractivity contribution >= 4 is 39.9 Å². The minimum Gasteiger partial charge on any atom is -0.507 e. The largest absolute Gasteiger partial charge is 0.507 e. The molecule has 1 N–H and O–H groups in total. The maximum absolute atomic E-state index is 15.0. The Hall–Kier alpha value is -4.25. The summed E-state index contributed by atoms with van der Waals surface area (Å²) in [6.45, 7) is 2.23. The third kappa shape index (κ3) is 3.77. The van der Waals surface area contributed by atoms with Gasteiger partial charge in [0, 0.05) is 11.1 Å². The summed E-state index contributed by atoms with van der Waals surface area (Å²) in [5.41, 5.74) is 0.115. The highest BCUT2D eigenvalue weighted by atomic mass is 32.1. The van der Waals surface area contributed by atoms with E-state index in [2.05, 4.69) is 4.98 Å². The van der Waals surface area contributed by atoms with Gasteiger partial charge in [-0.15, -0.1) is 0 Å². The highest BCUT2D eigenvalue weighted by Crippen LogP contribution is 2.45. The number of anilines is 1. The fourth-order valence-corrected chi connectivity index (χ4v) is 5.15. The van der Waals surface area contributed by atoms with Gasteiger partial charge >= 0.3 is 11.9 Å². The van der Waals surface area contributed by atoms with E-state index >= 15 is 4.39 Å². The van der Waals surface area contributed by atoms with E-state index in [-0.39, 0.29) is 32.4 Å². The van der Waals surface area contributed by atoms with Crippen LogP contribution < -0.4 is 14.4 Å². The van der Waals surface area contributed by atoms with Crippen molar-refractivity contribution in [3.63, 3.8) is 0 Å². The van der Waals surface area contributed by atoms with E-state index in [0.29, 0.717) is 24.7 Å². The number of aliphatic hydroxyl groups excluding tert-OH is 1. The van der Waals surface area contributed by atoms with Crippen LogP contribution in [0.3, 0.4) is 0 Å². The lowest BCUT2D eigenvalue weighted by Crippen LogP contribution is -2.29. The summed E-state index contributed by atoms with van der Waals surface area (Å²) in [6.07, 6.45) is 0. The second-order valence-corrected chi connectivity index (χ2v) is 8.93. The average molecular weight is 510 g/mol. The Kier molecular flexibility index (Phi) is 5.92. The Labute approximate surface area is 208 Å². The van der Waals surface area contributed by atoms with E-state index in [1.807, 2.05) is 0 Å². The number of nitrogens with zero attached hydrogens (tertiary/aromatic N) is 2. The van der Waals surface area contributed by atoms with E-state index in [1.165, 1.54) is 37.4 Å². The summed E-state index contributed by atoms with van der Waals surface area (Å²) in [5.74, 6) is -3.08. The molecule has 1 fully saturated rings. The van der Waals surface area contributed by atoms with Crippen molar-refractivity contribution < 1.29 is 38.1 Å². The van der Waals surface area contributed by atoms with Gasteiger partial charge in [0.1, 0.15) is 35.7 Å². The molecule has 184 valence electrons. The molecule has 2 aromatic carbocycles. The number of ketones is 1. The molecule has 3 heterocycles. The van der Waals surface area contributed by atoms with E-state index in [1.54, 1.807) is 19.1 Å². The van der Waals surface area contributed by atoms with Gasteiger partial charge in [0.25, 0.3) is 5.78 Å². The van der Waals surface area contributed by atoms with Crippen molar-refractivity contribution in [3.05, 3.63) is 75.6 Å². The molecule has 1 aromatic heterocycles. The molecule has 0 aliphatic carbocycles. The number of ether oxygens (including phenoxy) is 3. The first kappa shape index (κ1) is 23.5. The lowest BCUT2D eigenvalue weighted by Gasteiger charge is -2.23. The lowest BCUT2D eigenvalue weighted by molar-refractivity contribution is -0.132. The third-order valence-corrected chi connectivity index (χ3v) is 6.96. The van der Waals surface area contributed by atoms with Crippen LogP contribution in [0.5, 0.6) is 11.5 Å². The molecule has 1 amide bonds. The highest BCUT2D eigenvalue weighted by Gasteiger charge is 2.49. The monoisotopic (exact) mass is 510 g/mol. The smallest absolute Gasteiger partial charge is 0.350 e. The Morgan fingerprint density at radius 2 is 1.89 bits per heavy atom. The van der Waals surface area contributed by atoms with Crippen LogP contribution in [-0.2, 0) is 14.3 Å². The lowest BCUT2D eigenvalue weighted by atomic mass is 9.95. The van der Waals surface area contributed by atoms with Crippen molar-refractivity contribution in [2.24, 2.45) is 0 Å². The number of halogens is 1. The number of amides is 1. The molecular formula is C25H19FN2O7S. The van der Waals surface area contributed by atoms with Crippen LogP contribution in [0.4, 0.5) is 9.52 Å². The Morgan fingerprint density at radius 3 is 2.61 bits per heavy atom. The van der Waals surface area contributed by atoms with Crippen LogP contribution in [0.1, 0.15) is 32.5 Å². The van der Waals surface area contributed by atoms with Crippen LogP contribution in [0.25, 0.3) is 5.76 Å². The van der Waals surface area contributed by atoms with Crippen LogP contribution in [-0.4, -0.2) is 48.1 Å². The van der Waals surface area contributed by atoms with Gasteiger partial charge < -0.3 is 19.3 Å². The summed E-state index contributed by atoms with van der Waals surface area (Å²) < 4.78 is 30.9. The molecular weight excluding hydrogens is 491 g/mol. The quantitative estimate of drug-likeness (QED) is 0.244. The van der Waals surface area contributed by atoms with Crippen molar-refractivity contribution in [1.29, 1.82) is 0 Å². The van der Waals surface area contributed by atoms with Gasteiger partial charge in [-0.3, -0.25) is 14.5 Å². The topological polar surface area (TPSA) is 115 Å². The number of aryl methyl sites for hydroxylation is 1. The minimum absolute atomic E-state index is 0.00974. The van der Waals surface area contributed by atoms with Gasteiger partial charge in [0.2, 0.25) is 0 Å². The van der Waals surface area contributed by atoms with E-state index in [9.17, 15) is 19.5 Å². The van der Waals surface area contributed by atoms with Crippen LogP contribution in [0, 0.1) is 12.7 Å². The summed E-state index contributed by atoms with van der Waals surface area (Å²) >= 11 is 0.832. The van der Waals surface area contributed by atoms with Crippen molar-refractivity contribution in [1.82, 2.24) is 4.98 Å². The highest BCUT2D eigenvalue weighted by molar-refractivity contribution is 7.17. The number of hydrogen-bond acceptors (Lipinski definition) is 9. The molecule has 9 nitrogen and oxygen atoms in total. The first-order valence-electron chi connectivity index (χ1n) is 10.8. The van der Waals surface area contributed by atoms with Crippen LogP contribution >= 0.6 is 11.3 Å². The predicted octanol–water partition coefficient (Wildman–Crippen LogP) is 3.77. The van der Waals surface area contributed by atoms with E-state index in [0.717, 1.165) is 16.2 Å². The van der Waals surface area contributed by atoms with Crippen molar-refractivity contribution in [2.45, 2.75) is 13.0 Å². The van der Waals surface area contributed by atoms with Crippen LogP contribution in [0.2, 0.25) is 0 Å². The number of Topliss-reactive ketones (excluding diaryl/α,β-unsaturated/α-hetero) is 1. The second-order valence-electron chi connectivity index (χ2n) is 7.95. The van der Waals surface area contributed by atoms with Gasteiger partial charge in [-0.2, -0.15) is 0 Å². The zero-order valence-corrected chi connectivity index (χ0v) is 19.9. The standard InChI is InChI=1S/C25H19FN2O7S/c1-12-22(24(32)33-2)36-25(27-12)28-19(14-5-3-4-6-15(14)26)18(21(30)23(28)31)20(29)13-7-8-16-17(11-13)35-10-9-34-16/h3-8,11,19,29H,9-10H2,1-2H3. The number of esters is 1. The molecule has 11 heteroatoms. The summed E-state index contributed by atoms with van der Waals surface area (Å²) in [6, 6.07) is 8.85. The van der Waals surface area contributed by atoms with E-state index in [4.69, 9.17) is 14.2 Å². The molecule has 1 saturated heterocycles. The number of thiazole rings is 1. The summed E-state index contributed by atoms with van der Waals surface area (Å²) in [7, 11) is 1.21. The molecule has 5 rings (SSSR count). The summed E-state index contributed by atoms with van der Waals surface area (Å²) in [5, 5.41) is 11.2. The molecule has 2 aliphatic heterocycles. The zero-order chi connectivity index (χ0) is 25.6. The van der Waals surface area contributed by atoms with Crippen molar-refractivity contribution in [2.75, 3.05) is 25.2 Å². The van der Waals surface area contributed by atoms with Crippen molar-refractivity contribution in [3.8, 4) is 11.5 Å². The SMILES string of the molecule is COC(=O)c1sc(N2C(=O)C(=O)C(=C(O)c3ccc4c(c3)OCCO4)C2c2ccccc2F)nc1C. The molecule has 0 radical (unpaired) electrons. The number of carbonyl (C=O) groups is 3. The average Bonchev–Trinajstić information content (AvgIpc) is 3.39. The second kappa shape index (κ2) is 9.08. The number of methoxy groups -OCH3 is 1. The Balaban J connectivity index is 1.70.